The smallest absolute Gasteiger partial charge is 0.270 e. The van der Waals surface area contributed by atoms with Crippen molar-refractivity contribution in [2.75, 3.05) is 19.6 Å². The molecule has 1 aromatic carbocycles. The van der Waals surface area contributed by atoms with Crippen LogP contribution in [0.15, 0.2) is 24.3 Å². The lowest BCUT2D eigenvalue weighted by atomic mass is 10.00. The quantitative estimate of drug-likeness (QED) is 0.670. The first kappa shape index (κ1) is 14.9. The average Bonchev–Trinajstić information content (AvgIpc) is 2.96. The first-order chi connectivity index (χ1) is 10.6. The zero-order valence-electron chi connectivity index (χ0n) is 12.0. The maximum atomic E-state index is 12.2. The molecule has 7 heteroatoms. The van der Waals surface area contributed by atoms with E-state index in [1.165, 1.54) is 23.5 Å². The second-order valence-electron chi connectivity index (χ2n) is 5.51. The number of hydrogen-bond donors (Lipinski definition) is 2. The summed E-state index contributed by atoms with van der Waals surface area (Å²) in [6.07, 6.45) is 2.28. The van der Waals surface area contributed by atoms with Crippen molar-refractivity contribution in [1.82, 2.24) is 10.6 Å². The zero-order chi connectivity index (χ0) is 15.5. The number of nitrogens with one attached hydrogen (secondary N) is 2. The number of non-ortho nitro benzene ring substituents is 1. The summed E-state index contributed by atoms with van der Waals surface area (Å²) in [5.41, 5.74) is 0.0468. The second kappa shape index (κ2) is 6.41. The van der Waals surface area contributed by atoms with Gasteiger partial charge >= 0.3 is 0 Å². The minimum Gasteiger partial charge on any atom is -0.351 e. The molecule has 2 aromatic rings. The average molecular weight is 319 g/mol. The number of amides is 1. The van der Waals surface area contributed by atoms with E-state index in [1.807, 2.05) is 0 Å². The van der Waals surface area contributed by atoms with Gasteiger partial charge < -0.3 is 10.6 Å². The monoisotopic (exact) mass is 319 g/mol. The molecule has 1 saturated heterocycles. The fraction of sp³-hybridized carbons (Fsp3) is 0.400. The van der Waals surface area contributed by atoms with Gasteiger partial charge in [0, 0.05) is 28.8 Å². The number of rotatable bonds is 4. The van der Waals surface area contributed by atoms with Crippen molar-refractivity contribution in [1.29, 1.82) is 0 Å². The van der Waals surface area contributed by atoms with E-state index >= 15 is 0 Å². The van der Waals surface area contributed by atoms with Crippen LogP contribution in [0.2, 0.25) is 0 Å². The number of thiophene rings is 1. The van der Waals surface area contributed by atoms with Gasteiger partial charge in [0.25, 0.3) is 11.6 Å². The Balaban J connectivity index is 1.69. The molecule has 3 rings (SSSR count). The van der Waals surface area contributed by atoms with Gasteiger partial charge in [-0.05, 0) is 44.0 Å². The van der Waals surface area contributed by atoms with Crippen molar-refractivity contribution < 1.29 is 9.72 Å². The number of benzene rings is 1. The molecule has 1 amide bonds. The fourth-order valence-electron chi connectivity index (χ4n) is 2.68. The van der Waals surface area contributed by atoms with Gasteiger partial charge in [-0.3, -0.25) is 14.9 Å². The summed E-state index contributed by atoms with van der Waals surface area (Å²) in [5, 5.41) is 17.8. The van der Waals surface area contributed by atoms with Crippen LogP contribution in [0.3, 0.4) is 0 Å². The molecule has 1 aromatic heterocycles. The molecule has 1 atom stereocenters. The van der Waals surface area contributed by atoms with Crippen molar-refractivity contribution in [2.45, 2.75) is 12.8 Å². The van der Waals surface area contributed by atoms with Crippen LogP contribution in [0.25, 0.3) is 10.1 Å². The highest BCUT2D eigenvalue weighted by Gasteiger charge is 2.16. The lowest BCUT2D eigenvalue weighted by molar-refractivity contribution is -0.384. The van der Waals surface area contributed by atoms with E-state index in [4.69, 9.17) is 0 Å². The lowest BCUT2D eigenvalue weighted by Gasteiger charge is -2.22. The highest BCUT2D eigenvalue weighted by molar-refractivity contribution is 7.20. The van der Waals surface area contributed by atoms with Gasteiger partial charge in [0.15, 0.2) is 0 Å². The van der Waals surface area contributed by atoms with Crippen molar-refractivity contribution in [2.24, 2.45) is 5.92 Å². The molecule has 0 saturated carbocycles. The van der Waals surface area contributed by atoms with Gasteiger partial charge in [0.1, 0.15) is 0 Å². The number of carbonyl (C=O) groups excluding carboxylic acids is 1. The van der Waals surface area contributed by atoms with Crippen molar-refractivity contribution in [3.63, 3.8) is 0 Å². The maximum Gasteiger partial charge on any atom is 0.270 e. The van der Waals surface area contributed by atoms with E-state index in [1.54, 1.807) is 12.1 Å². The van der Waals surface area contributed by atoms with Gasteiger partial charge in [-0.15, -0.1) is 11.3 Å². The molecule has 1 unspecified atom stereocenters. The standard InChI is InChI=1S/C15H17N3O3S/c19-15(17-9-10-2-1-5-16-8-10)14-7-11-6-12(18(20)21)3-4-13(11)22-14/h3-4,6-7,10,16H,1-2,5,8-9H2,(H,17,19). The third kappa shape index (κ3) is 3.26. The normalized spacial score (nSPS) is 18.3. The van der Waals surface area contributed by atoms with Crippen LogP contribution in [0.5, 0.6) is 0 Å². The van der Waals surface area contributed by atoms with Gasteiger partial charge in [-0.1, -0.05) is 0 Å². The molecule has 1 fully saturated rings. The summed E-state index contributed by atoms with van der Waals surface area (Å²) in [7, 11) is 0. The lowest BCUT2D eigenvalue weighted by Crippen LogP contribution is -2.37. The number of nitro groups is 1. The van der Waals surface area contributed by atoms with E-state index in [0.29, 0.717) is 17.3 Å². The molecule has 0 radical (unpaired) electrons. The van der Waals surface area contributed by atoms with Crippen LogP contribution >= 0.6 is 11.3 Å². The van der Waals surface area contributed by atoms with E-state index in [-0.39, 0.29) is 11.6 Å². The van der Waals surface area contributed by atoms with Crippen LogP contribution < -0.4 is 10.6 Å². The summed E-state index contributed by atoms with van der Waals surface area (Å²) in [5.74, 6) is 0.377. The molecule has 0 bridgehead atoms. The number of fused-ring (bicyclic) bond motifs is 1. The van der Waals surface area contributed by atoms with Crippen LogP contribution in [-0.4, -0.2) is 30.5 Å². The Morgan fingerprint density at radius 1 is 1.45 bits per heavy atom. The number of nitrogens with zero attached hydrogens (tertiary/aromatic N) is 1. The van der Waals surface area contributed by atoms with Crippen molar-refractivity contribution in [3.05, 3.63) is 39.3 Å². The minimum atomic E-state index is -0.424. The Morgan fingerprint density at radius 2 is 2.32 bits per heavy atom. The molecule has 0 spiro atoms. The summed E-state index contributed by atoms with van der Waals surface area (Å²) >= 11 is 1.36. The Morgan fingerprint density at radius 3 is 3.05 bits per heavy atom. The molecular formula is C15H17N3O3S. The molecule has 0 aliphatic carbocycles. The maximum absolute atomic E-state index is 12.2. The summed E-state index contributed by atoms with van der Waals surface area (Å²) < 4.78 is 0.884. The highest BCUT2D eigenvalue weighted by atomic mass is 32.1. The number of hydrogen-bond acceptors (Lipinski definition) is 5. The summed E-state index contributed by atoms with van der Waals surface area (Å²) in [6.45, 7) is 2.67. The molecular weight excluding hydrogens is 302 g/mol. The second-order valence-corrected chi connectivity index (χ2v) is 6.60. The van der Waals surface area contributed by atoms with Crippen LogP contribution in [0, 0.1) is 16.0 Å². The predicted octanol–water partition coefficient (Wildman–Crippen LogP) is 2.54. The van der Waals surface area contributed by atoms with Gasteiger partial charge in [-0.25, -0.2) is 0 Å². The predicted molar refractivity (Wildman–Crippen MR) is 86.4 cm³/mol. The molecule has 2 N–H and O–H groups in total. The van der Waals surface area contributed by atoms with Crippen LogP contribution in [0.4, 0.5) is 5.69 Å². The minimum absolute atomic E-state index is 0.0468. The fourth-order valence-corrected chi connectivity index (χ4v) is 3.64. The van der Waals surface area contributed by atoms with Crippen molar-refractivity contribution >= 4 is 33.0 Å². The van der Waals surface area contributed by atoms with E-state index < -0.39 is 4.92 Å². The Labute approximate surface area is 131 Å². The van der Waals surface area contributed by atoms with E-state index in [0.717, 1.165) is 36.0 Å². The van der Waals surface area contributed by atoms with E-state index in [9.17, 15) is 14.9 Å². The molecule has 116 valence electrons. The zero-order valence-corrected chi connectivity index (χ0v) is 12.8. The SMILES string of the molecule is O=C(NCC1CCCNC1)c1cc2cc([N+](=O)[O-])ccc2s1. The molecule has 6 nitrogen and oxygen atoms in total. The largest absolute Gasteiger partial charge is 0.351 e. The third-order valence-corrected chi connectivity index (χ3v) is 5.00. The van der Waals surface area contributed by atoms with Gasteiger partial charge in [0.05, 0.1) is 9.80 Å². The highest BCUT2D eigenvalue weighted by Crippen LogP contribution is 2.28. The van der Waals surface area contributed by atoms with Crippen molar-refractivity contribution in [3.8, 4) is 0 Å². The van der Waals surface area contributed by atoms with Gasteiger partial charge in [-0.2, -0.15) is 0 Å². The summed E-state index contributed by atoms with van der Waals surface area (Å²) in [4.78, 5) is 23.2. The number of nitro benzene ring substituents is 1. The van der Waals surface area contributed by atoms with Crippen LogP contribution in [-0.2, 0) is 0 Å². The van der Waals surface area contributed by atoms with Crippen LogP contribution in [0.1, 0.15) is 22.5 Å². The molecule has 2 heterocycles. The third-order valence-electron chi connectivity index (χ3n) is 3.88. The Bertz CT molecular complexity index is 707. The first-order valence-electron chi connectivity index (χ1n) is 7.30. The Hall–Kier alpha value is -1.99. The number of piperidine rings is 1. The molecule has 1 aliphatic heterocycles. The number of carbonyl (C=O) groups is 1. The molecule has 1 aliphatic rings. The molecule has 22 heavy (non-hydrogen) atoms. The first-order valence-corrected chi connectivity index (χ1v) is 8.12. The van der Waals surface area contributed by atoms with Gasteiger partial charge in [0.2, 0.25) is 0 Å². The summed E-state index contributed by atoms with van der Waals surface area (Å²) in [6, 6.07) is 6.39. The Kier molecular flexibility index (Phi) is 4.35. The van der Waals surface area contributed by atoms with E-state index in [2.05, 4.69) is 10.6 Å². The topological polar surface area (TPSA) is 84.3 Å².